The number of nitrogens with zero attached hydrogens (tertiary/aromatic N) is 2. The number of aromatic nitrogens is 2. The summed E-state index contributed by atoms with van der Waals surface area (Å²) in [6, 6.07) is 10.2. The number of halogens is 2. The molecule has 1 atom stereocenters. The Hall–Kier alpha value is -3.65. The van der Waals surface area contributed by atoms with Crippen LogP contribution in [0.4, 0.5) is 8.78 Å². The summed E-state index contributed by atoms with van der Waals surface area (Å²) >= 11 is 0. The van der Waals surface area contributed by atoms with Crippen molar-refractivity contribution < 1.29 is 28.2 Å². The zero-order valence-corrected chi connectivity index (χ0v) is 21.4. The monoisotopic (exact) mass is 506 g/mol. The summed E-state index contributed by atoms with van der Waals surface area (Å²) in [6.07, 6.45) is 1.13. The Morgan fingerprint density at radius 1 is 1.14 bits per heavy atom. The minimum absolute atomic E-state index is 0.340. The fourth-order valence-corrected chi connectivity index (χ4v) is 4.98. The smallest absolute Gasteiger partial charge is 0.337 e. The quantitative estimate of drug-likeness (QED) is 0.323. The number of ether oxygens (including phenoxy) is 2. The van der Waals surface area contributed by atoms with Gasteiger partial charge in [-0.25, -0.2) is 9.78 Å². The number of fused-ring (bicyclic) bond motifs is 1. The van der Waals surface area contributed by atoms with Crippen molar-refractivity contribution in [2.45, 2.75) is 58.7 Å². The third-order valence-electron chi connectivity index (χ3n) is 6.49. The summed E-state index contributed by atoms with van der Waals surface area (Å²) in [7, 11) is 0. The van der Waals surface area contributed by atoms with Gasteiger partial charge >= 0.3 is 5.97 Å². The summed E-state index contributed by atoms with van der Waals surface area (Å²) in [4.78, 5) is 21.5. The normalized spacial score (nSPS) is 14.6. The molecule has 1 unspecified atom stereocenters. The van der Waals surface area contributed by atoms with Crippen LogP contribution < -0.4 is 4.74 Å². The maximum Gasteiger partial charge on any atom is 0.337 e. The van der Waals surface area contributed by atoms with E-state index >= 15 is 0 Å². The Labute approximate surface area is 213 Å². The summed E-state index contributed by atoms with van der Waals surface area (Å²) in [5.74, 6) is -3.57. The van der Waals surface area contributed by atoms with E-state index < -0.39 is 23.6 Å². The van der Waals surface area contributed by atoms with Gasteiger partial charge in [-0.3, -0.25) is 4.98 Å². The van der Waals surface area contributed by atoms with Crippen LogP contribution in [0.3, 0.4) is 0 Å². The minimum atomic E-state index is -3.13. The van der Waals surface area contributed by atoms with E-state index in [4.69, 9.17) is 9.47 Å². The van der Waals surface area contributed by atoms with E-state index in [9.17, 15) is 18.7 Å². The summed E-state index contributed by atoms with van der Waals surface area (Å²) < 4.78 is 40.3. The summed E-state index contributed by atoms with van der Waals surface area (Å²) in [5, 5.41) is 11.7. The number of alkyl halides is 2. The average molecular weight is 507 g/mol. The Balaban J connectivity index is 1.91. The zero-order chi connectivity index (χ0) is 26.7. The van der Waals surface area contributed by atoms with Crippen LogP contribution in [0.2, 0.25) is 0 Å². The molecular formula is C29H28F2N2O4. The van der Waals surface area contributed by atoms with Crippen LogP contribution in [0, 0.1) is 6.92 Å². The number of carbonyl (C=O) groups is 1. The molecule has 1 aliphatic heterocycles. The van der Waals surface area contributed by atoms with Crippen LogP contribution in [-0.2, 0) is 21.9 Å². The fourth-order valence-electron chi connectivity index (χ4n) is 4.98. The van der Waals surface area contributed by atoms with Gasteiger partial charge in [-0.2, -0.15) is 8.78 Å². The van der Waals surface area contributed by atoms with Crippen LogP contribution in [0.1, 0.15) is 56.2 Å². The molecule has 4 aromatic rings. The van der Waals surface area contributed by atoms with Crippen LogP contribution in [0.15, 0.2) is 42.6 Å². The number of hydrogen-bond donors (Lipinski definition) is 1. The van der Waals surface area contributed by atoms with Crippen molar-refractivity contribution in [3.05, 3.63) is 65.0 Å². The Kier molecular flexibility index (Phi) is 5.90. The Morgan fingerprint density at radius 2 is 1.89 bits per heavy atom. The van der Waals surface area contributed by atoms with E-state index in [1.165, 1.54) is 6.07 Å². The van der Waals surface area contributed by atoms with Crippen molar-refractivity contribution in [3.63, 3.8) is 0 Å². The van der Waals surface area contributed by atoms with Crippen LogP contribution in [0.25, 0.3) is 32.9 Å². The molecule has 0 fully saturated rings. The first-order chi connectivity index (χ1) is 17.3. The van der Waals surface area contributed by atoms with Gasteiger partial charge in [0, 0.05) is 41.4 Å². The molecular weight excluding hydrogens is 478 g/mol. The topological polar surface area (TPSA) is 81.5 Å². The minimum Gasteiger partial charge on any atom is -0.493 e. The highest BCUT2D eigenvalue weighted by atomic mass is 19.3. The summed E-state index contributed by atoms with van der Waals surface area (Å²) in [5.41, 5.74) is 3.16. The Morgan fingerprint density at radius 3 is 2.57 bits per heavy atom. The molecule has 5 rings (SSSR count). The number of aliphatic carboxylic acids is 1. The molecule has 192 valence electrons. The van der Waals surface area contributed by atoms with Gasteiger partial charge in [0.05, 0.1) is 23.2 Å². The highest BCUT2D eigenvalue weighted by Crippen LogP contribution is 2.45. The molecule has 0 radical (unpaired) electrons. The van der Waals surface area contributed by atoms with Gasteiger partial charge in [0.2, 0.25) is 0 Å². The van der Waals surface area contributed by atoms with E-state index in [-0.39, 0.29) is 5.69 Å². The fraction of sp³-hybridized carbons (Fsp3) is 0.345. The predicted molar refractivity (Wildman–Crippen MR) is 137 cm³/mol. The van der Waals surface area contributed by atoms with Gasteiger partial charge in [-0.05, 0) is 74.7 Å². The Bertz CT molecular complexity index is 1540. The number of hydrogen-bond acceptors (Lipinski definition) is 5. The van der Waals surface area contributed by atoms with Gasteiger partial charge in [0.1, 0.15) is 11.4 Å². The van der Waals surface area contributed by atoms with Gasteiger partial charge < -0.3 is 14.6 Å². The second-order valence-corrected chi connectivity index (χ2v) is 10.5. The zero-order valence-electron chi connectivity index (χ0n) is 21.4. The standard InChI is InChI=1S/C29H28F2N2O4/c1-15-14-19-17(7-9-21(33-19)29(5,30)31)24(22(15)26(27(34)35)37-28(2,3)4)18-6-8-20-23-16(11-13-36-20)10-12-32-25(18)23/h6-10,12,14,26H,11,13H2,1-5H3,(H,34,35). The van der Waals surface area contributed by atoms with Crippen LogP contribution in [0.5, 0.6) is 5.75 Å². The van der Waals surface area contributed by atoms with Crippen LogP contribution >= 0.6 is 0 Å². The molecule has 2 aromatic carbocycles. The van der Waals surface area contributed by atoms with E-state index in [0.717, 1.165) is 24.3 Å². The second kappa shape index (κ2) is 8.73. The van der Waals surface area contributed by atoms with Crippen molar-refractivity contribution in [1.82, 2.24) is 9.97 Å². The first-order valence-electron chi connectivity index (χ1n) is 12.1. The number of carboxylic acids is 1. The molecule has 2 aromatic heterocycles. The SMILES string of the molecule is Cc1cc2nc(C(C)(F)F)ccc2c(-c2ccc3c4c(ccnc24)CCO3)c1C(OC(C)(C)C)C(=O)O. The lowest BCUT2D eigenvalue weighted by molar-refractivity contribution is -0.160. The number of pyridine rings is 2. The predicted octanol–water partition coefficient (Wildman–Crippen LogP) is 6.75. The lowest BCUT2D eigenvalue weighted by Crippen LogP contribution is -2.28. The maximum atomic E-state index is 14.2. The molecule has 6 nitrogen and oxygen atoms in total. The molecule has 0 bridgehead atoms. The van der Waals surface area contributed by atoms with E-state index in [1.54, 1.807) is 46.0 Å². The van der Waals surface area contributed by atoms with Crippen molar-refractivity contribution in [1.29, 1.82) is 0 Å². The van der Waals surface area contributed by atoms with E-state index in [1.807, 2.05) is 18.2 Å². The van der Waals surface area contributed by atoms with E-state index in [2.05, 4.69) is 9.97 Å². The van der Waals surface area contributed by atoms with Gasteiger partial charge in [0.25, 0.3) is 5.92 Å². The number of benzene rings is 2. The second-order valence-electron chi connectivity index (χ2n) is 10.5. The molecule has 0 saturated carbocycles. The largest absolute Gasteiger partial charge is 0.493 e. The molecule has 0 spiro atoms. The molecule has 0 aliphatic carbocycles. The molecule has 3 heterocycles. The van der Waals surface area contributed by atoms with Crippen molar-refractivity contribution in [2.75, 3.05) is 6.61 Å². The molecule has 0 amide bonds. The van der Waals surface area contributed by atoms with Crippen molar-refractivity contribution in [2.24, 2.45) is 0 Å². The number of carboxylic acid groups (broad SMARTS) is 1. The molecule has 8 heteroatoms. The van der Waals surface area contributed by atoms with Gasteiger partial charge in [0.15, 0.2) is 6.10 Å². The average Bonchev–Trinajstić information content (AvgIpc) is 2.81. The summed E-state index contributed by atoms with van der Waals surface area (Å²) in [6.45, 7) is 8.48. The molecule has 1 N–H and O–H groups in total. The first kappa shape index (κ1) is 25.0. The third kappa shape index (κ3) is 4.50. The molecule has 1 aliphatic rings. The lowest BCUT2D eigenvalue weighted by atomic mass is 9.86. The van der Waals surface area contributed by atoms with E-state index in [0.29, 0.717) is 51.0 Å². The lowest BCUT2D eigenvalue weighted by Gasteiger charge is -2.29. The number of rotatable bonds is 5. The van der Waals surface area contributed by atoms with Crippen molar-refractivity contribution >= 4 is 27.8 Å². The first-order valence-corrected chi connectivity index (χ1v) is 12.1. The molecule has 37 heavy (non-hydrogen) atoms. The maximum absolute atomic E-state index is 14.2. The molecule has 0 saturated heterocycles. The van der Waals surface area contributed by atoms with Crippen molar-refractivity contribution in [3.8, 4) is 16.9 Å². The van der Waals surface area contributed by atoms with Gasteiger partial charge in [-0.15, -0.1) is 0 Å². The highest BCUT2D eigenvalue weighted by molar-refractivity contribution is 6.08. The van der Waals surface area contributed by atoms with Crippen LogP contribution in [-0.4, -0.2) is 33.3 Å². The number of aryl methyl sites for hydroxylation is 1. The third-order valence-corrected chi connectivity index (χ3v) is 6.49. The van der Waals surface area contributed by atoms with Gasteiger partial charge in [-0.1, -0.05) is 6.07 Å². The highest BCUT2D eigenvalue weighted by Gasteiger charge is 2.33.